The van der Waals surface area contributed by atoms with Crippen molar-refractivity contribution >= 4 is 75.4 Å². The predicted octanol–water partition coefficient (Wildman–Crippen LogP) is 13.0. The molecule has 0 atom stereocenters. The molecule has 10 rings (SSSR count). The third kappa shape index (κ3) is 5.00. The summed E-state index contributed by atoms with van der Waals surface area (Å²) in [5.41, 5.74) is 6.39. The predicted molar refractivity (Wildman–Crippen MR) is 212 cm³/mol. The fraction of sp³-hybridized carbons (Fsp3) is 0. The first-order valence-electron chi connectivity index (χ1n) is 16.5. The molecule has 0 aliphatic heterocycles. The van der Waals surface area contributed by atoms with Crippen LogP contribution in [0.5, 0.6) is 0 Å². The van der Waals surface area contributed by atoms with Crippen molar-refractivity contribution in [3.63, 3.8) is 0 Å². The van der Waals surface area contributed by atoms with Crippen molar-refractivity contribution in [1.29, 1.82) is 0 Å². The number of nitrogens with zero attached hydrogens (tertiary/aromatic N) is 3. The van der Waals surface area contributed by atoms with E-state index in [0.29, 0.717) is 11.6 Å². The maximum atomic E-state index is 6.53. The van der Waals surface area contributed by atoms with E-state index in [1.807, 2.05) is 12.1 Å². The van der Waals surface area contributed by atoms with Crippen LogP contribution in [0.1, 0.15) is 0 Å². The number of hydrogen-bond acceptors (Lipinski definition) is 4. The third-order valence-electron chi connectivity index (χ3n) is 9.62. The number of halogens is 1. The van der Waals surface area contributed by atoms with Crippen LogP contribution in [-0.2, 0) is 0 Å². The lowest BCUT2D eigenvalue weighted by Crippen LogP contribution is -1.97. The minimum absolute atomic E-state index is 0.172. The molecule has 0 amide bonds. The monoisotopic (exact) mass is 675 g/mol. The normalized spacial score (nSPS) is 11.7. The highest BCUT2D eigenvalue weighted by atomic mass is 35.5. The first kappa shape index (κ1) is 29.0. The third-order valence-corrected chi connectivity index (χ3v) is 10.9. The summed E-state index contributed by atoms with van der Waals surface area (Å²) in [5, 5.41) is 10.0. The van der Waals surface area contributed by atoms with E-state index in [4.69, 9.17) is 16.6 Å². The van der Waals surface area contributed by atoms with Gasteiger partial charge >= 0.3 is 0 Å². The smallest absolute Gasteiger partial charge is 0.208 e. The summed E-state index contributed by atoms with van der Waals surface area (Å²) >= 11 is 8.32. The SMILES string of the molecule is Clc1nc(-c2cccc(-c3ccc4ccc(-c5ccc6ccc7ccccc7c6c5)cc4c3)c2)nc(-c2ccc3sc4ccccc4c3c2)n1. The first-order valence-corrected chi connectivity index (χ1v) is 17.7. The average Bonchev–Trinajstić information content (AvgIpc) is 3.55. The lowest BCUT2D eigenvalue weighted by molar-refractivity contribution is 1.07. The Morgan fingerprint density at radius 3 is 1.68 bits per heavy atom. The molecule has 0 bridgehead atoms. The average molecular weight is 676 g/mol. The molecule has 0 aliphatic carbocycles. The van der Waals surface area contributed by atoms with Gasteiger partial charge in [-0.3, -0.25) is 0 Å². The van der Waals surface area contributed by atoms with E-state index < -0.39 is 0 Å². The standard InChI is InChI=1S/C45H26ClN3S/c46-45-48-43(47-44(49-45)35-20-21-42-40(26-35)38-10-3-4-11-41(38)50-42)34-8-5-7-30(22-34)31-17-12-27-13-18-32(24-36(27)23-31)33-19-16-29-15-14-28-6-1-2-9-37(28)39(29)25-33/h1-26H. The molecular weight excluding hydrogens is 650 g/mol. The molecule has 0 unspecified atom stereocenters. The Bertz CT molecular complexity index is 2960. The first-order chi connectivity index (χ1) is 24.6. The van der Waals surface area contributed by atoms with Gasteiger partial charge in [0.05, 0.1) is 0 Å². The van der Waals surface area contributed by atoms with Gasteiger partial charge in [-0.05, 0) is 115 Å². The van der Waals surface area contributed by atoms with Crippen LogP contribution in [0.25, 0.3) is 97.5 Å². The van der Waals surface area contributed by atoms with Gasteiger partial charge in [0.1, 0.15) is 0 Å². The lowest BCUT2D eigenvalue weighted by atomic mass is 9.94. The van der Waals surface area contributed by atoms with Crippen molar-refractivity contribution in [3.05, 3.63) is 163 Å². The molecule has 0 radical (unpaired) electrons. The minimum atomic E-state index is 0.172. The highest BCUT2D eigenvalue weighted by molar-refractivity contribution is 7.25. The van der Waals surface area contributed by atoms with E-state index in [-0.39, 0.29) is 5.28 Å². The highest BCUT2D eigenvalue weighted by Crippen LogP contribution is 2.37. The second kappa shape index (κ2) is 11.6. The summed E-state index contributed by atoms with van der Waals surface area (Å²) in [7, 11) is 0. The van der Waals surface area contributed by atoms with Gasteiger partial charge in [0.2, 0.25) is 5.28 Å². The summed E-state index contributed by atoms with van der Waals surface area (Å²) in [6, 6.07) is 56.3. The fourth-order valence-corrected chi connectivity index (χ4v) is 8.35. The fourth-order valence-electron chi connectivity index (χ4n) is 7.10. The van der Waals surface area contributed by atoms with E-state index in [2.05, 4.69) is 156 Å². The van der Waals surface area contributed by atoms with E-state index in [1.54, 1.807) is 11.3 Å². The number of benzene rings is 8. The Labute approximate surface area is 297 Å². The molecule has 2 heterocycles. The van der Waals surface area contributed by atoms with Crippen molar-refractivity contribution in [1.82, 2.24) is 15.0 Å². The van der Waals surface area contributed by atoms with Gasteiger partial charge in [0, 0.05) is 31.3 Å². The molecule has 8 aromatic carbocycles. The number of thiophene rings is 1. The Hall–Kier alpha value is -5.94. The van der Waals surface area contributed by atoms with Crippen molar-refractivity contribution < 1.29 is 0 Å². The second-order valence-electron chi connectivity index (χ2n) is 12.6. The Morgan fingerprint density at radius 2 is 0.880 bits per heavy atom. The number of rotatable bonds is 4. The van der Waals surface area contributed by atoms with Gasteiger partial charge in [-0.1, -0.05) is 109 Å². The van der Waals surface area contributed by atoms with Crippen LogP contribution in [-0.4, -0.2) is 15.0 Å². The van der Waals surface area contributed by atoms with Crippen LogP contribution < -0.4 is 0 Å². The van der Waals surface area contributed by atoms with Gasteiger partial charge in [-0.15, -0.1) is 11.3 Å². The molecule has 50 heavy (non-hydrogen) atoms. The molecule has 234 valence electrons. The summed E-state index contributed by atoms with van der Waals surface area (Å²) in [6.07, 6.45) is 0. The van der Waals surface area contributed by atoms with Crippen molar-refractivity contribution in [2.24, 2.45) is 0 Å². The number of hydrogen-bond donors (Lipinski definition) is 0. The van der Waals surface area contributed by atoms with Crippen LogP contribution in [0.4, 0.5) is 0 Å². The molecule has 0 spiro atoms. The molecule has 0 saturated carbocycles. The zero-order valence-electron chi connectivity index (χ0n) is 26.6. The zero-order chi connectivity index (χ0) is 33.2. The van der Waals surface area contributed by atoms with Gasteiger partial charge in [0.15, 0.2) is 11.6 Å². The quantitative estimate of drug-likeness (QED) is 0.174. The van der Waals surface area contributed by atoms with Crippen LogP contribution in [0.3, 0.4) is 0 Å². The second-order valence-corrected chi connectivity index (χ2v) is 14.1. The molecular formula is C45H26ClN3S. The molecule has 3 nitrogen and oxygen atoms in total. The molecule has 10 aromatic rings. The van der Waals surface area contributed by atoms with Gasteiger partial charge in [-0.2, -0.15) is 9.97 Å². The topological polar surface area (TPSA) is 38.7 Å². The van der Waals surface area contributed by atoms with Gasteiger partial charge < -0.3 is 0 Å². The van der Waals surface area contributed by atoms with Crippen LogP contribution in [0.15, 0.2) is 158 Å². The summed E-state index contributed by atoms with van der Waals surface area (Å²) in [4.78, 5) is 14.0. The number of fused-ring (bicyclic) bond motifs is 7. The van der Waals surface area contributed by atoms with Crippen molar-refractivity contribution in [2.45, 2.75) is 0 Å². The molecule has 0 fully saturated rings. The molecule has 2 aromatic heterocycles. The lowest BCUT2D eigenvalue weighted by Gasteiger charge is -2.10. The number of aromatic nitrogens is 3. The molecule has 0 N–H and O–H groups in total. The summed E-state index contributed by atoms with van der Waals surface area (Å²) in [5.74, 6) is 1.10. The zero-order valence-corrected chi connectivity index (χ0v) is 28.2. The molecule has 0 aliphatic rings. The minimum Gasteiger partial charge on any atom is -0.208 e. The molecule has 0 saturated heterocycles. The van der Waals surface area contributed by atoms with E-state index >= 15 is 0 Å². The summed E-state index contributed by atoms with van der Waals surface area (Å²) < 4.78 is 2.49. The highest BCUT2D eigenvalue weighted by Gasteiger charge is 2.13. The Kier molecular flexibility index (Phi) is 6.73. The van der Waals surface area contributed by atoms with Gasteiger partial charge in [-0.25, -0.2) is 4.98 Å². The van der Waals surface area contributed by atoms with E-state index in [0.717, 1.165) is 22.3 Å². The maximum absolute atomic E-state index is 6.53. The molecule has 5 heteroatoms. The van der Waals surface area contributed by atoms with Crippen LogP contribution >= 0.6 is 22.9 Å². The largest absolute Gasteiger partial charge is 0.226 e. The van der Waals surface area contributed by atoms with Crippen molar-refractivity contribution in [2.75, 3.05) is 0 Å². The van der Waals surface area contributed by atoms with E-state index in [9.17, 15) is 0 Å². The Balaban J connectivity index is 1.01. The van der Waals surface area contributed by atoms with Crippen LogP contribution in [0, 0.1) is 0 Å². The van der Waals surface area contributed by atoms with E-state index in [1.165, 1.54) is 63.6 Å². The summed E-state index contributed by atoms with van der Waals surface area (Å²) in [6.45, 7) is 0. The van der Waals surface area contributed by atoms with Gasteiger partial charge in [0.25, 0.3) is 0 Å². The maximum Gasteiger partial charge on any atom is 0.226 e. The van der Waals surface area contributed by atoms with Crippen LogP contribution in [0.2, 0.25) is 5.28 Å². The van der Waals surface area contributed by atoms with Crippen molar-refractivity contribution in [3.8, 4) is 45.0 Å². The Morgan fingerprint density at radius 1 is 0.340 bits per heavy atom.